The Morgan fingerprint density at radius 1 is 1.09 bits per heavy atom. The molecule has 0 atom stereocenters. The number of piperazine rings is 1. The molecular weight excluding hydrogens is 415 g/mol. The zero-order valence-corrected chi connectivity index (χ0v) is 17.3. The number of anilines is 1. The first kappa shape index (κ1) is 21.5. The highest BCUT2D eigenvalue weighted by atomic mass is 19.1. The molecule has 9 heteroatoms. The Balaban J connectivity index is 1.35. The summed E-state index contributed by atoms with van der Waals surface area (Å²) in [6.45, 7) is 4.30. The third kappa shape index (κ3) is 4.60. The molecule has 1 aromatic heterocycles. The molecule has 0 N–H and O–H groups in total. The number of fused-ring (bicyclic) bond motifs is 1. The summed E-state index contributed by atoms with van der Waals surface area (Å²) in [5, 5.41) is 20.1. The number of halogens is 1. The van der Waals surface area contributed by atoms with Crippen LogP contribution in [0.25, 0.3) is 10.8 Å². The number of nitro benzene ring substituents is 1. The van der Waals surface area contributed by atoms with Gasteiger partial charge < -0.3 is 9.32 Å². The molecule has 2 aromatic carbocycles. The molecule has 0 amide bonds. The van der Waals surface area contributed by atoms with Crippen molar-refractivity contribution >= 4 is 22.1 Å². The minimum absolute atomic E-state index is 0.0960. The lowest BCUT2D eigenvalue weighted by Gasteiger charge is -2.36. The molecule has 0 radical (unpaired) electrons. The van der Waals surface area contributed by atoms with Gasteiger partial charge in [0.05, 0.1) is 33.4 Å². The molecule has 164 valence electrons. The highest BCUT2D eigenvalue weighted by Crippen LogP contribution is 2.26. The van der Waals surface area contributed by atoms with Crippen LogP contribution in [0.2, 0.25) is 0 Å². The number of nitriles is 1. The van der Waals surface area contributed by atoms with Crippen molar-refractivity contribution in [1.82, 2.24) is 4.90 Å². The van der Waals surface area contributed by atoms with E-state index in [4.69, 9.17) is 9.68 Å². The number of benzene rings is 2. The van der Waals surface area contributed by atoms with Crippen molar-refractivity contribution < 1.29 is 13.7 Å². The maximum Gasteiger partial charge on any atom is 0.344 e. The molecule has 3 aromatic rings. The lowest BCUT2D eigenvalue weighted by Crippen LogP contribution is -2.46. The lowest BCUT2D eigenvalue weighted by atomic mass is 10.1. The van der Waals surface area contributed by atoms with Crippen LogP contribution in [-0.2, 0) is 6.42 Å². The third-order valence-corrected chi connectivity index (χ3v) is 5.70. The highest BCUT2D eigenvalue weighted by Gasteiger charge is 2.19. The smallest absolute Gasteiger partial charge is 0.344 e. The first-order valence-electron chi connectivity index (χ1n) is 10.3. The van der Waals surface area contributed by atoms with Crippen LogP contribution >= 0.6 is 0 Å². The van der Waals surface area contributed by atoms with Gasteiger partial charge >= 0.3 is 5.63 Å². The standard InChI is InChI=1S/C23H21FN4O4/c24-17-12-21-20(22(13-17)28(30)31)14-19(32-23(21)29)2-1-7-26-8-10-27(11-9-26)18-5-3-16(15-25)4-6-18/h3-6,12-14H,1-2,7-11H2. The Morgan fingerprint density at radius 3 is 2.47 bits per heavy atom. The summed E-state index contributed by atoms with van der Waals surface area (Å²) >= 11 is 0. The second-order valence-corrected chi connectivity index (χ2v) is 7.73. The van der Waals surface area contributed by atoms with Crippen molar-refractivity contribution in [2.45, 2.75) is 12.8 Å². The summed E-state index contributed by atoms with van der Waals surface area (Å²) in [5.74, 6) is -0.488. The Morgan fingerprint density at radius 2 is 1.81 bits per heavy atom. The number of aryl methyl sites for hydroxylation is 1. The van der Waals surface area contributed by atoms with E-state index in [1.165, 1.54) is 6.07 Å². The Hall–Kier alpha value is -3.77. The Bertz CT molecular complexity index is 1240. The summed E-state index contributed by atoms with van der Waals surface area (Å²) in [6, 6.07) is 12.9. The van der Waals surface area contributed by atoms with Gasteiger partial charge in [-0.1, -0.05) is 0 Å². The van der Waals surface area contributed by atoms with Crippen LogP contribution in [0.4, 0.5) is 15.8 Å². The van der Waals surface area contributed by atoms with E-state index in [-0.39, 0.29) is 10.8 Å². The van der Waals surface area contributed by atoms with E-state index >= 15 is 0 Å². The number of rotatable bonds is 6. The molecule has 1 fully saturated rings. The lowest BCUT2D eigenvalue weighted by molar-refractivity contribution is -0.383. The molecule has 8 nitrogen and oxygen atoms in total. The molecule has 0 aliphatic carbocycles. The Kier molecular flexibility index (Phi) is 6.14. The molecule has 0 saturated carbocycles. The fourth-order valence-electron chi connectivity index (χ4n) is 4.02. The van der Waals surface area contributed by atoms with Crippen molar-refractivity contribution in [3.8, 4) is 6.07 Å². The van der Waals surface area contributed by atoms with Crippen molar-refractivity contribution in [2.75, 3.05) is 37.6 Å². The zero-order chi connectivity index (χ0) is 22.7. The number of non-ortho nitro benzene ring substituents is 1. The van der Waals surface area contributed by atoms with Gasteiger partial charge in [-0.3, -0.25) is 15.0 Å². The maximum absolute atomic E-state index is 13.6. The van der Waals surface area contributed by atoms with Gasteiger partial charge in [0.15, 0.2) is 0 Å². The normalized spacial score (nSPS) is 14.4. The number of nitrogens with zero attached hydrogens (tertiary/aromatic N) is 4. The number of hydrogen-bond donors (Lipinski definition) is 0. The molecule has 4 rings (SSSR count). The predicted octanol–water partition coefficient (Wildman–Crippen LogP) is 3.47. The Labute approximate surface area is 183 Å². The van der Waals surface area contributed by atoms with Gasteiger partial charge in [0.2, 0.25) is 0 Å². The van der Waals surface area contributed by atoms with Crippen LogP contribution in [0.1, 0.15) is 17.7 Å². The van der Waals surface area contributed by atoms with Gasteiger partial charge in [0.25, 0.3) is 5.69 Å². The van der Waals surface area contributed by atoms with Crippen LogP contribution < -0.4 is 10.5 Å². The minimum Gasteiger partial charge on any atom is -0.427 e. The van der Waals surface area contributed by atoms with E-state index in [1.54, 1.807) is 0 Å². The fourth-order valence-corrected chi connectivity index (χ4v) is 4.02. The molecule has 1 aliphatic heterocycles. The van der Waals surface area contributed by atoms with Gasteiger partial charge in [0, 0.05) is 38.3 Å². The number of nitro groups is 1. The van der Waals surface area contributed by atoms with Crippen molar-refractivity contribution in [1.29, 1.82) is 5.26 Å². The summed E-state index contributed by atoms with van der Waals surface area (Å²) in [4.78, 5) is 27.4. The van der Waals surface area contributed by atoms with E-state index in [2.05, 4.69) is 15.9 Å². The molecule has 1 saturated heterocycles. The largest absolute Gasteiger partial charge is 0.427 e. The van der Waals surface area contributed by atoms with Crippen LogP contribution in [0.15, 0.2) is 51.7 Å². The van der Waals surface area contributed by atoms with E-state index in [0.717, 1.165) is 57.0 Å². The van der Waals surface area contributed by atoms with Crippen LogP contribution in [-0.4, -0.2) is 42.5 Å². The first-order chi connectivity index (χ1) is 15.4. The second-order valence-electron chi connectivity index (χ2n) is 7.73. The van der Waals surface area contributed by atoms with Gasteiger partial charge in [-0.15, -0.1) is 0 Å². The average molecular weight is 436 g/mol. The van der Waals surface area contributed by atoms with E-state index in [0.29, 0.717) is 17.7 Å². The van der Waals surface area contributed by atoms with Gasteiger partial charge in [-0.05, 0) is 49.4 Å². The van der Waals surface area contributed by atoms with Crippen molar-refractivity contribution in [3.63, 3.8) is 0 Å². The van der Waals surface area contributed by atoms with Crippen LogP contribution in [0.3, 0.4) is 0 Å². The van der Waals surface area contributed by atoms with Crippen molar-refractivity contribution in [2.24, 2.45) is 0 Å². The fraction of sp³-hybridized carbons (Fsp3) is 0.304. The quantitative estimate of drug-likeness (QED) is 0.430. The van der Waals surface area contributed by atoms with E-state index in [1.807, 2.05) is 24.3 Å². The highest BCUT2D eigenvalue weighted by molar-refractivity contribution is 5.90. The summed E-state index contributed by atoms with van der Waals surface area (Å²) < 4.78 is 18.9. The van der Waals surface area contributed by atoms with Crippen LogP contribution in [0.5, 0.6) is 0 Å². The summed E-state index contributed by atoms with van der Waals surface area (Å²) in [6.07, 6.45) is 1.18. The second kappa shape index (κ2) is 9.16. The predicted molar refractivity (Wildman–Crippen MR) is 117 cm³/mol. The number of hydrogen-bond acceptors (Lipinski definition) is 7. The summed E-state index contributed by atoms with van der Waals surface area (Å²) in [5.41, 5.74) is 0.534. The third-order valence-electron chi connectivity index (χ3n) is 5.70. The summed E-state index contributed by atoms with van der Waals surface area (Å²) in [7, 11) is 0. The molecule has 0 unspecified atom stereocenters. The molecule has 0 spiro atoms. The minimum atomic E-state index is -0.843. The SMILES string of the molecule is N#Cc1ccc(N2CCN(CCCc3cc4c([N+](=O)[O-])cc(F)cc4c(=O)o3)CC2)cc1. The first-order valence-corrected chi connectivity index (χ1v) is 10.3. The molecule has 1 aliphatic rings. The van der Waals surface area contributed by atoms with Gasteiger partial charge in [-0.25, -0.2) is 9.18 Å². The topological polar surface area (TPSA) is 104 Å². The van der Waals surface area contributed by atoms with E-state index in [9.17, 15) is 19.3 Å². The van der Waals surface area contributed by atoms with Gasteiger partial charge in [0.1, 0.15) is 11.6 Å². The van der Waals surface area contributed by atoms with Crippen molar-refractivity contribution in [3.05, 3.63) is 80.1 Å². The maximum atomic E-state index is 13.6. The molecule has 0 bridgehead atoms. The monoisotopic (exact) mass is 436 g/mol. The van der Waals surface area contributed by atoms with Gasteiger partial charge in [-0.2, -0.15) is 5.26 Å². The van der Waals surface area contributed by atoms with Crippen LogP contribution in [0, 0.1) is 27.3 Å². The molecular formula is C23H21FN4O4. The van der Waals surface area contributed by atoms with E-state index < -0.39 is 22.1 Å². The molecule has 2 heterocycles. The average Bonchev–Trinajstić information content (AvgIpc) is 2.79. The zero-order valence-electron chi connectivity index (χ0n) is 17.3. The molecule has 32 heavy (non-hydrogen) atoms.